The van der Waals surface area contributed by atoms with Gasteiger partial charge in [-0.2, -0.15) is 0 Å². The highest BCUT2D eigenvalue weighted by molar-refractivity contribution is 6.30. The molecule has 0 heterocycles. The van der Waals surface area contributed by atoms with E-state index >= 15 is 0 Å². The number of aromatic hydroxyl groups is 1. The van der Waals surface area contributed by atoms with Crippen LogP contribution in [0.3, 0.4) is 0 Å². The lowest BCUT2D eigenvalue weighted by atomic mass is 10.1. The molecule has 10 heteroatoms. The molecule has 8 nitrogen and oxygen atoms in total. The summed E-state index contributed by atoms with van der Waals surface area (Å²) < 4.78 is 20.4. The molecule has 0 atom stereocenters. The molecule has 0 radical (unpaired) electrons. The van der Waals surface area contributed by atoms with E-state index in [4.69, 9.17) is 30.5 Å². The Morgan fingerprint density at radius 3 is 2.21 bits per heavy atom. The molecule has 210 valence electrons. The van der Waals surface area contributed by atoms with E-state index in [1.807, 2.05) is 49.3 Å². The maximum Gasteiger partial charge on any atom is 0.344 e. The van der Waals surface area contributed by atoms with E-state index in [2.05, 4.69) is 0 Å². The second-order valence-corrected chi connectivity index (χ2v) is 8.53. The number of likely N-dealkylation sites (N-methyl/N-ethyl adjacent to an activating group) is 1. The Bertz CT molecular complexity index is 1200. The summed E-state index contributed by atoms with van der Waals surface area (Å²) in [6.45, 7) is 0.984. The van der Waals surface area contributed by atoms with Crippen molar-refractivity contribution in [2.45, 2.75) is 0 Å². The van der Waals surface area contributed by atoms with Crippen molar-refractivity contribution < 1.29 is 33.6 Å². The SMILES string of the molecule is CN(C)CCOC(=O)COc1ccc(Cl)cc1.COc1cc(O)c(C(=O)C=Cc2ccccc2)c(OC)c1.Cl. The molecule has 0 amide bonds. The Morgan fingerprint density at radius 1 is 0.949 bits per heavy atom. The smallest absolute Gasteiger partial charge is 0.344 e. The van der Waals surface area contributed by atoms with Crippen LogP contribution in [-0.4, -0.2) is 69.8 Å². The van der Waals surface area contributed by atoms with Crippen LogP contribution >= 0.6 is 24.0 Å². The highest BCUT2D eigenvalue weighted by Gasteiger charge is 2.17. The molecule has 0 aliphatic carbocycles. The largest absolute Gasteiger partial charge is 0.507 e. The van der Waals surface area contributed by atoms with E-state index in [0.29, 0.717) is 29.7 Å². The molecule has 0 unspecified atom stereocenters. The molecule has 39 heavy (non-hydrogen) atoms. The molecular weight excluding hydrogens is 545 g/mol. The van der Waals surface area contributed by atoms with Gasteiger partial charge < -0.3 is 29.0 Å². The highest BCUT2D eigenvalue weighted by atomic mass is 35.5. The Labute approximate surface area is 240 Å². The van der Waals surface area contributed by atoms with Crippen LogP contribution in [0.1, 0.15) is 15.9 Å². The second-order valence-electron chi connectivity index (χ2n) is 8.10. The zero-order valence-corrected chi connectivity index (χ0v) is 23.8. The zero-order chi connectivity index (χ0) is 27.9. The summed E-state index contributed by atoms with van der Waals surface area (Å²) >= 11 is 5.72. The number of halogens is 2. The first kappa shape index (κ1) is 33.3. The number of nitrogens with zero attached hydrogens (tertiary/aromatic N) is 1. The zero-order valence-electron chi connectivity index (χ0n) is 22.3. The number of methoxy groups -OCH3 is 2. The van der Waals surface area contributed by atoms with Gasteiger partial charge in [0.15, 0.2) is 12.4 Å². The first-order chi connectivity index (χ1) is 18.2. The average Bonchev–Trinajstić information content (AvgIpc) is 2.91. The number of ketones is 1. The maximum absolute atomic E-state index is 12.3. The number of carbonyl (C=O) groups excluding carboxylic acids is 2. The predicted octanol–water partition coefficient (Wildman–Crippen LogP) is 5.55. The molecule has 3 aromatic carbocycles. The van der Waals surface area contributed by atoms with E-state index in [1.54, 1.807) is 36.4 Å². The van der Waals surface area contributed by atoms with Crippen molar-refractivity contribution in [2.75, 3.05) is 48.1 Å². The van der Waals surface area contributed by atoms with Gasteiger partial charge in [0.1, 0.15) is 35.2 Å². The number of benzene rings is 3. The number of hydrogen-bond acceptors (Lipinski definition) is 8. The van der Waals surface area contributed by atoms with Gasteiger partial charge in [-0.1, -0.05) is 48.0 Å². The van der Waals surface area contributed by atoms with Gasteiger partial charge in [-0.3, -0.25) is 4.79 Å². The third-order valence-electron chi connectivity index (χ3n) is 4.96. The summed E-state index contributed by atoms with van der Waals surface area (Å²) in [7, 11) is 6.74. The topological polar surface area (TPSA) is 94.5 Å². The number of hydrogen-bond donors (Lipinski definition) is 1. The van der Waals surface area contributed by atoms with Crippen LogP contribution in [-0.2, 0) is 9.53 Å². The minimum absolute atomic E-state index is 0. The molecule has 0 aliphatic rings. The van der Waals surface area contributed by atoms with Gasteiger partial charge in [-0.15, -0.1) is 12.4 Å². The third kappa shape index (κ3) is 12.1. The van der Waals surface area contributed by atoms with Crippen LogP contribution < -0.4 is 14.2 Å². The monoisotopic (exact) mass is 577 g/mol. The summed E-state index contributed by atoms with van der Waals surface area (Å²) in [6, 6.07) is 19.2. The summed E-state index contributed by atoms with van der Waals surface area (Å²) in [5, 5.41) is 10.6. The van der Waals surface area contributed by atoms with Crippen LogP contribution in [0.25, 0.3) is 6.08 Å². The predicted molar refractivity (Wildman–Crippen MR) is 155 cm³/mol. The number of allylic oxidation sites excluding steroid dienone is 1. The van der Waals surface area contributed by atoms with E-state index in [-0.39, 0.29) is 47.8 Å². The molecule has 0 aliphatic heterocycles. The standard InChI is InChI=1S/C17H16O4.C12H16ClNO3.ClH/c1-20-13-10-15(19)17(16(11-13)21-2)14(18)9-8-12-6-4-3-5-7-12;1-14(2)7-8-16-12(15)9-17-11-5-3-10(13)4-6-11;/h3-11,19H,1-2H3;3-6H,7-9H2,1-2H3;1H. The normalized spacial score (nSPS) is 10.2. The number of carbonyl (C=O) groups is 2. The van der Waals surface area contributed by atoms with Gasteiger partial charge >= 0.3 is 5.97 Å². The van der Waals surface area contributed by atoms with Crippen molar-refractivity contribution in [1.29, 1.82) is 0 Å². The van der Waals surface area contributed by atoms with Gasteiger partial charge in [-0.25, -0.2) is 4.79 Å². The van der Waals surface area contributed by atoms with Crippen LogP contribution in [0.2, 0.25) is 5.02 Å². The Morgan fingerprint density at radius 2 is 1.62 bits per heavy atom. The first-order valence-corrected chi connectivity index (χ1v) is 12.0. The van der Waals surface area contributed by atoms with E-state index in [9.17, 15) is 14.7 Å². The van der Waals surface area contributed by atoms with Crippen molar-refractivity contribution in [3.05, 3.63) is 89.0 Å². The van der Waals surface area contributed by atoms with Crippen molar-refractivity contribution >= 4 is 41.8 Å². The number of rotatable bonds is 11. The lowest BCUT2D eigenvalue weighted by Crippen LogP contribution is -2.22. The van der Waals surface area contributed by atoms with Crippen molar-refractivity contribution in [2.24, 2.45) is 0 Å². The second kappa shape index (κ2) is 17.7. The highest BCUT2D eigenvalue weighted by Crippen LogP contribution is 2.33. The lowest BCUT2D eigenvalue weighted by molar-refractivity contribution is -0.146. The van der Waals surface area contributed by atoms with Crippen molar-refractivity contribution in [1.82, 2.24) is 4.90 Å². The van der Waals surface area contributed by atoms with Gasteiger partial charge in [0.05, 0.1) is 14.2 Å². The van der Waals surface area contributed by atoms with Crippen LogP contribution in [0.5, 0.6) is 23.0 Å². The molecule has 3 rings (SSSR count). The minimum Gasteiger partial charge on any atom is -0.507 e. The van der Waals surface area contributed by atoms with Crippen LogP contribution in [0, 0.1) is 0 Å². The summed E-state index contributed by atoms with van der Waals surface area (Å²) in [5.74, 6) is 0.410. The van der Waals surface area contributed by atoms with E-state index in [0.717, 1.165) is 5.56 Å². The van der Waals surface area contributed by atoms with Gasteiger partial charge in [0.2, 0.25) is 0 Å². The number of phenols is 1. The van der Waals surface area contributed by atoms with Crippen molar-refractivity contribution in [3.8, 4) is 23.0 Å². The third-order valence-corrected chi connectivity index (χ3v) is 5.21. The van der Waals surface area contributed by atoms with Gasteiger partial charge in [-0.05, 0) is 50.0 Å². The Kier molecular flexibility index (Phi) is 15.1. The number of esters is 1. The summed E-state index contributed by atoms with van der Waals surface area (Å²) in [4.78, 5) is 25.5. The fourth-order valence-corrected chi connectivity index (χ4v) is 3.10. The maximum atomic E-state index is 12.3. The molecule has 0 fully saturated rings. The molecule has 3 aromatic rings. The fourth-order valence-electron chi connectivity index (χ4n) is 2.98. The molecular formula is C29H33Cl2NO7. The Hall–Kier alpha value is -3.72. The first-order valence-electron chi connectivity index (χ1n) is 11.6. The molecule has 0 saturated heterocycles. The fraction of sp³-hybridized carbons (Fsp3) is 0.241. The van der Waals surface area contributed by atoms with E-state index < -0.39 is 0 Å². The molecule has 0 bridgehead atoms. The molecule has 0 spiro atoms. The molecule has 0 aromatic heterocycles. The van der Waals surface area contributed by atoms with E-state index in [1.165, 1.54) is 26.4 Å². The summed E-state index contributed by atoms with van der Waals surface area (Å²) in [5.41, 5.74) is 1.02. The summed E-state index contributed by atoms with van der Waals surface area (Å²) in [6.07, 6.45) is 3.09. The lowest BCUT2D eigenvalue weighted by Gasteiger charge is -2.10. The molecule has 1 N–H and O–H groups in total. The molecule has 0 saturated carbocycles. The van der Waals surface area contributed by atoms with Gasteiger partial charge in [0, 0.05) is 23.7 Å². The quantitative estimate of drug-likeness (QED) is 0.180. The van der Waals surface area contributed by atoms with Crippen LogP contribution in [0.4, 0.5) is 0 Å². The van der Waals surface area contributed by atoms with Crippen molar-refractivity contribution in [3.63, 3.8) is 0 Å². The average molecular weight is 578 g/mol. The number of phenolic OH excluding ortho intramolecular Hbond substituents is 1. The number of ether oxygens (including phenoxy) is 4. The Balaban J connectivity index is 0.000000389. The van der Waals surface area contributed by atoms with Crippen LogP contribution in [0.15, 0.2) is 72.8 Å². The minimum atomic E-state index is -0.373. The van der Waals surface area contributed by atoms with Gasteiger partial charge in [0.25, 0.3) is 0 Å².